The fourth-order valence-electron chi connectivity index (χ4n) is 2.10. The van der Waals surface area contributed by atoms with Gasteiger partial charge in [-0.2, -0.15) is 11.8 Å². The van der Waals surface area contributed by atoms with Crippen LogP contribution in [0.15, 0.2) is 6.07 Å². The Bertz CT molecular complexity index is 393. The van der Waals surface area contributed by atoms with Crippen LogP contribution in [-0.2, 0) is 6.54 Å². The van der Waals surface area contributed by atoms with E-state index in [2.05, 4.69) is 50.4 Å². The maximum Gasteiger partial charge on any atom is 0.133 e. The van der Waals surface area contributed by atoms with Crippen molar-refractivity contribution in [2.75, 3.05) is 37.0 Å². The molecule has 1 N–H and O–H groups in total. The predicted molar refractivity (Wildman–Crippen MR) is 87.4 cm³/mol. The van der Waals surface area contributed by atoms with Crippen LogP contribution in [-0.4, -0.2) is 37.1 Å². The summed E-state index contributed by atoms with van der Waals surface area (Å²) in [5.41, 5.74) is 3.77. The summed E-state index contributed by atoms with van der Waals surface area (Å²) in [5.74, 6) is 2.27. The van der Waals surface area contributed by atoms with Crippen molar-refractivity contribution in [1.82, 2.24) is 10.3 Å². The second-order valence-corrected chi connectivity index (χ2v) is 5.96. The fourth-order valence-corrected chi connectivity index (χ4v) is 2.56. The van der Waals surface area contributed by atoms with Gasteiger partial charge in [-0.05, 0) is 44.7 Å². The first-order valence-electron chi connectivity index (χ1n) is 6.98. The first kappa shape index (κ1) is 16.3. The summed E-state index contributed by atoms with van der Waals surface area (Å²) in [4.78, 5) is 7.02. The lowest BCUT2D eigenvalue weighted by atomic mass is 10.1. The summed E-state index contributed by atoms with van der Waals surface area (Å²) in [7, 11) is 2.14. The first-order valence-corrected chi connectivity index (χ1v) is 8.37. The minimum atomic E-state index is 0.909. The highest BCUT2D eigenvalue weighted by Crippen LogP contribution is 2.22. The van der Waals surface area contributed by atoms with Gasteiger partial charge >= 0.3 is 0 Å². The molecule has 3 nitrogen and oxygen atoms in total. The zero-order chi connectivity index (χ0) is 14.3. The molecule has 0 aromatic carbocycles. The lowest BCUT2D eigenvalue weighted by Gasteiger charge is -2.23. The molecule has 0 aliphatic heterocycles. The zero-order valence-electron chi connectivity index (χ0n) is 12.9. The number of thioether (sulfide) groups is 1. The predicted octanol–water partition coefficient (Wildman–Crippen LogP) is 3.00. The molecule has 1 aromatic rings. The van der Waals surface area contributed by atoms with E-state index in [1.165, 1.54) is 11.1 Å². The van der Waals surface area contributed by atoms with Gasteiger partial charge in [-0.1, -0.05) is 6.92 Å². The van der Waals surface area contributed by atoms with E-state index in [1.54, 1.807) is 0 Å². The number of rotatable bonds is 8. The Morgan fingerprint density at radius 1 is 1.37 bits per heavy atom. The van der Waals surface area contributed by atoms with Crippen molar-refractivity contribution in [3.05, 3.63) is 22.9 Å². The summed E-state index contributed by atoms with van der Waals surface area (Å²) in [6, 6.07) is 2.18. The second-order valence-electron chi connectivity index (χ2n) is 4.97. The Balaban J connectivity index is 2.91. The van der Waals surface area contributed by atoms with E-state index in [9.17, 15) is 0 Å². The molecule has 0 unspecified atom stereocenters. The van der Waals surface area contributed by atoms with Crippen molar-refractivity contribution in [3.63, 3.8) is 0 Å². The Hall–Kier alpha value is -0.740. The highest BCUT2D eigenvalue weighted by molar-refractivity contribution is 7.98. The SMILES string of the molecule is CCCNCc1c(C)cc(C)nc1N(C)CCSC. The summed E-state index contributed by atoms with van der Waals surface area (Å²) in [5, 5.41) is 3.49. The Labute approximate surface area is 122 Å². The number of aryl methyl sites for hydroxylation is 2. The summed E-state index contributed by atoms with van der Waals surface area (Å²) < 4.78 is 0. The van der Waals surface area contributed by atoms with E-state index >= 15 is 0 Å². The number of nitrogens with one attached hydrogen (secondary N) is 1. The number of hydrogen-bond acceptors (Lipinski definition) is 4. The van der Waals surface area contributed by atoms with Crippen molar-refractivity contribution in [2.45, 2.75) is 33.7 Å². The molecular formula is C15H27N3S. The topological polar surface area (TPSA) is 28.2 Å². The minimum Gasteiger partial charge on any atom is -0.359 e. The minimum absolute atomic E-state index is 0.909. The van der Waals surface area contributed by atoms with E-state index in [4.69, 9.17) is 4.98 Å². The third-order valence-electron chi connectivity index (χ3n) is 3.17. The van der Waals surface area contributed by atoms with Crippen molar-refractivity contribution < 1.29 is 0 Å². The highest BCUT2D eigenvalue weighted by atomic mass is 32.2. The van der Waals surface area contributed by atoms with Gasteiger partial charge in [0, 0.05) is 37.1 Å². The van der Waals surface area contributed by atoms with Gasteiger partial charge in [-0.3, -0.25) is 0 Å². The molecule has 4 heteroatoms. The Kier molecular flexibility index (Phi) is 7.24. The van der Waals surface area contributed by atoms with Crippen LogP contribution in [0.3, 0.4) is 0 Å². The van der Waals surface area contributed by atoms with Crippen LogP contribution < -0.4 is 10.2 Å². The van der Waals surface area contributed by atoms with Crippen LogP contribution in [0.25, 0.3) is 0 Å². The Morgan fingerprint density at radius 3 is 2.74 bits per heavy atom. The molecular weight excluding hydrogens is 254 g/mol. The normalized spacial score (nSPS) is 10.8. The first-order chi connectivity index (χ1) is 9.10. The van der Waals surface area contributed by atoms with E-state index in [0.717, 1.165) is 43.3 Å². The molecule has 0 bridgehead atoms. The number of hydrogen-bond donors (Lipinski definition) is 1. The smallest absolute Gasteiger partial charge is 0.133 e. The molecule has 0 amide bonds. The molecule has 1 aromatic heterocycles. The van der Waals surface area contributed by atoms with Crippen LogP contribution in [0.4, 0.5) is 5.82 Å². The van der Waals surface area contributed by atoms with Crippen LogP contribution in [0.2, 0.25) is 0 Å². The number of pyridine rings is 1. The van der Waals surface area contributed by atoms with Gasteiger partial charge in [0.1, 0.15) is 5.82 Å². The van der Waals surface area contributed by atoms with Gasteiger partial charge in [0.05, 0.1) is 0 Å². The Morgan fingerprint density at radius 2 is 2.11 bits per heavy atom. The maximum absolute atomic E-state index is 4.74. The van der Waals surface area contributed by atoms with E-state index in [1.807, 2.05) is 11.8 Å². The molecule has 0 saturated heterocycles. The standard InChI is InChI=1S/C15H27N3S/c1-6-7-16-11-14-12(2)10-13(3)17-15(14)18(4)8-9-19-5/h10,16H,6-9,11H2,1-5H3. The van der Waals surface area contributed by atoms with Gasteiger partial charge in [-0.25, -0.2) is 4.98 Å². The number of nitrogens with zero attached hydrogens (tertiary/aromatic N) is 2. The van der Waals surface area contributed by atoms with Gasteiger partial charge in [0.2, 0.25) is 0 Å². The summed E-state index contributed by atoms with van der Waals surface area (Å²) in [6.45, 7) is 9.45. The molecule has 0 atom stereocenters. The number of aromatic nitrogens is 1. The zero-order valence-corrected chi connectivity index (χ0v) is 13.7. The molecule has 0 saturated carbocycles. The quantitative estimate of drug-likeness (QED) is 0.742. The molecule has 0 fully saturated rings. The highest BCUT2D eigenvalue weighted by Gasteiger charge is 2.12. The molecule has 0 aliphatic carbocycles. The van der Waals surface area contributed by atoms with Crippen molar-refractivity contribution in [1.29, 1.82) is 0 Å². The average Bonchev–Trinajstić information content (AvgIpc) is 2.38. The van der Waals surface area contributed by atoms with E-state index in [-0.39, 0.29) is 0 Å². The third-order valence-corrected chi connectivity index (χ3v) is 3.77. The van der Waals surface area contributed by atoms with Gasteiger partial charge < -0.3 is 10.2 Å². The molecule has 1 rings (SSSR count). The van der Waals surface area contributed by atoms with Crippen LogP contribution in [0.5, 0.6) is 0 Å². The van der Waals surface area contributed by atoms with E-state index in [0.29, 0.717) is 0 Å². The monoisotopic (exact) mass is 281 g/mol. The largest absolute Gasteiger partial charge is 0.359 e. The molecule has 1 heterocycles. The fraction of sp³-hybridized carbons (Fsp3) is 0.667. The summed E-state index contributed by atoms with van der Waals surface area (Å²) >= 11 is 1.88. The average molecular weight is 281 g/mol. The molecule has 0 aliphatic rings. The summed E-state index contributed by atoms with van der Waals surface area (Å²) in [6.07, 6.45) is 3.31. The van der Waals surface area contributed by atoms with Crippen molar-refractivity contribution >= 4 is 17.6 Å². The molecule has 19 heavy (non-hydrogen) atoms. The van der Waals surface area contributed by atoms with Crippen molar-refractivity contribution in [3.8, 4) is 0 Å². The van der Waals surface area contributed by atoms with Gasteiger partial charge in [-0.15, -0.1) is 0 Å². The second kappa shape index (κ2) is 8.43. The lowest BCUT2D eigenvalue weighted by Crippen LogP contribution is -2.25. The molecule has 108 valence electrons. The van der Waals surface area contributed by atoms with Gasteiger partial charge in [0.15, 0.2) is 0 Å². The molecule has 0 spiro atoms. The van der Waals surface area contributed by atoms with Crippen LogP contribution in [0, 0.1) is 13.8 Å². The van der Waals surface area contributed by atoms with Gasteiger partial charge in [0.25, 0.3) is 0 Å². The van der Waals surface area contributed by atoms with Crippen molar-refractivity contribution in [2.24, 2.45) is 0 Å². The van der Waals surface area contributed by atoms with Crippen LogP contribution >= 0.6 is 11.8 Å². The van der Waals surface area contributed by atoms with Crippen LogP contribution in [0.1, 0.15) is 30.2 Å². The maximum atomic E-state index is 4.74. The molecule has 0 radical (unpaired) electrons. The van der Waals surface area contributed by atoms with E-state index < -0.39 is 0 Å². The number of anilines is 1. The third kappa shape index (κ3) is 5.03. The lowest BCUT2D eigenvalue weighted by molar-refractivity contribution is 0.669.